The van der Waals surface area contributed by atoms with Crippen LogP contribution in [0.5, 0.6) is 23.0 Å². The Bertz CT molecular complexity index is 957. The molecule has 0 unspecified atom stereocenters. The van der Waals surface area contributed by atoms with Crippen LogP contribution in [0.1, 0.15) is 0 Å². The van der Waals surface area contributed by atoms with E-state index in [0.29, 0.717) is 0 Å². The number of hydrogen-bond acceptors (Lipinski definition) is 4. The lowest BCUT2D eigenvalue weighted by Crippen LogP contribution is -1.88. The zero-order chi connectivity index (χ0) is 16.2. The van der Waals surface area contributed by atoms with Gasteiger partial charge < -0.3 is 9.47 Å². The summed E-state index contributed by atoms with van der Waals surface area (Å²) in [4.78, 5) is 7.99. The fourth-order valence-electron chi connectivity index (χ4n) is 2.46. The van der Waals surface area contributed by atoms with Crippen LogP contribution < -0.4 is 9.47 Å². The predicted octanol–water partition coefficient (Wildman–Crippen LogP) is 5.21. The molecule has 0 aliphatic rings. The first-order valence-electron chi connectivity index (χ1n) is 7.57. The SMILES string of the molecule is c1cc(Oc2ccncc2)c2ccc(Oc3ccncc3)cc2c1. The maximum Gasteiger partial charge on any atom is 0.135 e. The molecule has 0 atom stereocenters. The molecule has 2 aromatic heterocycles. The van der Waals surface area contributed by atoms with Gasteiger partial charge in [0, 0.05) is 30.2 Å². The van der Waals surface area contributed by atoms with Crippen LogP contribution in [0.25, 0.3) is 10.8 Å². The number of ether oxygens (including phenoxy) is 2. The van der Waals surface area contributed by atoms with Gasteiger partial charge in [0.1, 0.15) is 23.0 Å². The first kappa shape index (κ1) is 14.2. The lowest BCUT2D eigenvalue weighted by molar-refractivity contribution is 0.481. The fourth-order valence-corrected chi connectivity index (χ4v) is 2.46. The van der Waals surface area contributed by atoms with E-state index in [1.54, 1.807) is 24.8 Å². The highest BCUT2D eigenvalue weighted by atomic mass is 16.5. The largest absolute Gasteiger partial charge is 0.457 e. The molecule has 4 nitrogen and oxygen atoms in total. The molecular formula is C20H14N2O2. The molecular weight excluding hydrogens is 300 g/mol. The van der Waals surface area contributed by atoms with Crippen molar-refractivity contribution in [2.45, 2.75) is 0 Å². The van der Waals surface area contributed by atoms with Gasteiger partial charge in [-0.2, -0.15) is 0 Å². The molecule has 2 aromatic carbocycles. The Hall–Kier alpha value is -3.40. The van der Waals surface area contributed by atoms with E-state index in [4.69, 9.17) is 9.47 Å². The van der Waals surface area contributed by atoms with E-state index < -0.39 is 0 Å². The van der Waals surface area contributed by atoms with Gasteiger partial charge in [0.15, 0.2) is 0 Å². The Morgan fingerprint density at radius 3 is 1.96 bits per heavy atom. The van der Waals surface area contributed by atoms with E-state index in [0.717, 1.165) is 33.8 Å². The highest BCUT2D eigenvalue weighted by molar-refractivity contribution is 5.89. The maximum absolute atomic E-state index is 5.96. The summed E-state index contributed by atoms with van der Waals surface area (Å²) >= 11 is 0. The predicted molar refractivity (Wildman–Crippen MR) is 92.6 cm³/mol. The second kappa shape index (κ2) is 6.38. The number of nitrogens with zero attached hydrogens (tertiary/aromatic N) is 2. The van der Waals surface area contributed by atoms with E-state index in [-0.39, 0.29) is 0 Å². The highest BCUT2D eigenvalue weighted by Gasteiger charge is 2.05. The average Bonchev–Trinajstić information content (AvgIpc) is 2.63. The van der Waals surface area contributed by atoms with E-state index in [1.807, 2.05) is 60.7 Å². The number of rotatable bonds is 4. The first-order valence-corrected chi connectivity index (χ1v) is 7.57. The van der Waals surface area contributed by atoms with Crippen molar-refractivity contribution >= 4 is 10.8 Å². The van der Waals surface area contributed by atoms with E-state index in [2.05, 4.69) is 9.97 Å². The number of pyridine rings is 2. The first-order chi connectivity index (χ1) is 11.9. The van der Waals surface area contributed by atoms with Crippen LogP contribution >= 0.6 is 0 Å². The molecule has 116 valence electrons. The third-order valence-corrected chi connectivity index (χ3v) is 3.57. The average molecular weight is 314 g/mol. The second-order valence-electron chi connectivity index (χ2n) is 5.21. The van der Waals surface area contributed by atoms with Crippen molar-refractivity contribution in [3.8, 4) is 23.0 Å². The molecule has 0 fully saturated rings. The van der Waals surface area contributed by atoms with Crippen LogP contribution in [0.2, 0.25) is 0 Å². The minimum Gasteiger partial charge on any atom is -0.457 e. The van der Waals surface area contributed by atoms with Crippen molar-refractivity contribution in [1.82, 2.24) is 9.97 Å². The van der Waals surface area contributed by atoms with Gasteiger partial charge in [-0.05, 0) is 53.9 Å². The lowest BCUT2D eigenvalue weighted by atomic mass is 10.1. The van der Waals surface area contributed by atoms with Gasteiger partial charge in [-0.1, -0.05) is 12.1 Å². The standard InChI is InChI=1S/C20H14N2O2/c1-2-15-14-18(23-16-6-10-21-11-7-16)4-5-19(15)20(3-1)24-17-8-12-22-13-9-17/h1-14H. The summed E-state index contributed by atoms with van der Waals surface area (Å²) in [6.07, 6.45) is 6.83. The Morgan fingerprint density at radius 2 is 1.25 bits per heavy atom. The zero-order valence-corrected chi connectivity index (χ0v) is 12.8. The molecule has 24 heavy (non-hydrogen) atoms. The van der Waals surface area contributed by atoms with Gasteiger partial charge in [-0.3, -0.25) is 9.97 Å². The second-order valence-corrected chi connectivity index (χ2v) is 5.21. The number of hydrogen-bond donors (Lipinski definition) is 0. The zero-order valence-electron chi connectivity index (χ0n) is 12.8. The van der Waals surface area contributed by atoms with Gasteiger partial charge in [-0.15, -0.1) is 0 Å². The Morgan fingerprint density at radius 1 is 0.583 bits per heavy atom. The van der Waals surface area contributed by atoms with Crippen molar-refractivity contribution in [3.05, 3.63) is 85.5 Å². The molecule has 0 radical (unpaired) electrons. The van der Waals surface area contributed by atoms with E-state index in [9.17, 15) is 0 Å². The Balaban J connectivity index is 1.66. The van der Waals surface area contributed by atoms with Crippen molar-refractivity contribution < 1.29 is 9.47 Å². The molecule has 0 saturated heterocycles. The monoisotopic (exact) mass is 314 g/mol. The maximum atomic E-state index is 5.96. The van der Waals surface area contributed by atoms with Crippen molar-refractivity contribution in [3.63, 3.8) is 0 Å². The highest BCUT2D eigenvalue weighted by Crippen LogP contribution is 2.33. The summed E-state index contributed by atoms with van der Waals surface area (Å²) in [6, 6.07) is 19.2. The summed E-state index contributed by atoms with van der Waals surface area (Å²) in [5.41, 5.74) is 0. The van der Waals surface area contributed by atoms with Crippen LogP contribution in [0.3, 0.4) is 0 Å². The fraction of sp³-hybridized carbons (Fsp3) is 0. The third kappa shape index (κ3) is 3.03. The molecule has 0 amide bonds. The van der Waals surface area contributed by atoms with Gasteiger partial charge in [0.05, 0.1) is 0 Å². The minimum absolute atomic E-state index is 0.758. The van der Waals surface area contributed by atoms with Crippen molar-refractivity contribution in [1.29, 1.82) is 0 Å². The molecule has 2 heterocycles. The number of fused-ring (bicyclic) bond motifs is 1. The van der Waals surface area contributed by atoms with Crippen LogP contribution in [0, 0.1) is 0 Å². The van der Waals surface area contributed by atoms with Crippen LogP contribution in [0.15, 0.2) is 85.5 Å². The molecule has 0 aliphatic heterocycles. The summed E-state index contributed by atoms with van der Waals surface area (Å²) in [7, 11) is 0. The van der Waals surface area contributed by atoms with Crippen molar-refractivity contribution in [2.75, 3.05) is 0 Å². The lowest BCUT2D eigenvalue weighted by Gasteiger charge is -2.10. The molecule has 0 N–H and O–H groups in total. The molecule has 0 saturated carbocycles. The smallest absolute Gasteiger partial charge is 0.135 e. The van der Waals surface area contributed by atoms with Crippen molar-refractivity contribution in [2.24, 2.45) is 0 Å². The van der Waals surface area contributed by atoms with Gasteiger partial charge >= 0.3 is 0 Å². The topological polar surface area (TPSA) is 44.2 Å². The molecule has 0 bridgehead atoms. The molecule has 4 aromatic rings. The van der Waals surface area contributed by atoms with Gasteiger partial charge in [0.2, 0.25) is 0 Å². The molecule has 0 spiro atoms. The molecule has 0 aliphatic carbocycles. The molecule has 4 rings (SSSR count). The quantitative estimate of drug-likeness (QED) is 0.518. The van der Waals surface area contributed by atoms with E-state index in [1.165, 1.54) is 0 Å². The summed E-state index contributed by atoms with van der Waals surface area (Å²) in [5, 5.41) is 2.07. The van der Waals surface area contributed by atoms with Gasteiger partial charge in [-0.25, -0.2) is 0 Å². The summed E-state index contributed by atoms with van der Waals surface area (Å²) in [5.74, 6) is 3.09. The third-order valence-electron chi connectivity index (χ3n) is 3.57. The minimum atomic E-state index is 0.758. The van der Waals surface area contributed by atoms with Crippen LogP contribution in [-0.2, 0) is 0 Å². The molecule has 4 heteroatoms. The van der Waals surface area contributed by atoms with Crippen LogP contribution in [-0.4, -0.2) is 9.97 Å². The number of benzene rings is 2. The Labute approximate surface area is 139 Å². The summed E-state index contributed by atoms with van der Waals surface area (Å²) < 4.78 is 11.8. The van der Waals surface area contributed by atoms with E-state index >= 15 is 0 Å². The Kier molecular flexibility index (Phi) is 3.78. The normalized spacial score (nSPS) is 10.5. The van der Waals surface area contributed by atoms with Gasteiger partial charge in [0.25, 0.3) is 0 Å². The summed E-state index contributed by atoms with van der Waals surface area (Å²) in [6.45, 7) is 0. The van der Waals surface area contributed by atoms with Crippen LogP contribution in [0.4, 0.5) is 0 Å². The number of aromatic nitrogens is 2.